The average molecular weight is 541 g/mol. The Balaban J connectivity index is 1.60. The molecular weight excluding hydrogens is 506 g/mol. The monoisotopic (exact) mass is 540 g/mol. The lowest BCUT2D eigenvalue weighted by molar-refractivity contribution is -0.144. The van der Waals surface area contributed by atoms with Gasteiger partial charge >= 0.3 is 0 Å². The molecule has 3 amide bonds. The zero-order valence-corrected chi connectivity index (χ0v) is 22.4. The van der Waals surface area contributed by atoms with Crippen molar-refractivity contribution in [3.63, 3.8) is 0 Å². The summed E-state index contributed by atoms with van der Waals surface area (Å²) in [5.41, 5.74) is 1.83. The van der Waals surface area contributed by atoms with Gasteiger partial charge in [0, 0.05) is 30.4 Å². The molecule has 0 spiro atoms. The molecule has 0 aliphatic carbocycles. The molecule has 2 saturated heterocycles. The molecule has 2 fully saturated rings. The van der Waals surface area contributed by atoms with Gasteiger partial charge in [0.1, 0.15) is 12.1 Å². The second kappa shape index (κ2) is 12.6. The van der Waals surface area contributed by atoms with Gasteiger partial charge in [-0.2, -0.15) is 0 Å². The third-order valence-corrected chi connectivity index (χ3v) is 8.11. The van der Waals surface area contributed by atoms with Gasteiger partial charge in [0.15, 0.2) is 0 Å². The van der Waals surface area contributed by atoms with Gasteiger partial charge in [0.2, 0.25) is 17.7 Å². The van der Waals surface area contributed by atoms with Crippen LogP contribution in [0.3, 0.4) is 0 Å². The molecule has 2 unspecified atom stereocenters. The van der Waals surface area contributed by atoms with E-state index < -0.39 is 47.2 Å². The molecule has 2 aromatic rings. The number of carbonyl (C=O) groups is 3. The molecule has 0 saturated carbocycles. The lowest BCUT2D eigenvalue weighted by Crippen LogP contribution is -2.62. The molecule has 38 heavy (non-hydrogen) atoms. The van der Waals surface area contributed by atoms with Crippen molar-refractivity contribution in [1.29, 1.82) is 0 Å². The van der Waals surface area contributed by atoms with E-state index in [0.717, 1.165) is 11.1 Å². The zero-order valence-electron chi connectivity index (χ0n) is 21.5. The molecule has 204 valence electrons. The van der Waals surface area contributed by atoms with E-state index in [0.29, 0.717) is 19.3 Å². The number of hydrogen-bond acceptors (Lipinski definition) is 6. The van der Waals surface area contributed by atoms with Gasteiger partial charge < -0.3 is 25.4 Å². The van der Waals surface area contributed by atoms with Crippen LogP contribution in [0.25, 0.3) is 0 Å². The topological polar surface area (TPSA) is 134 Å². The molecule has 11 heteroatoms. The van der Waals surface area contributed by atoms with Gasteiger partial charge in [-0.15, -0.1) is 0 Å². The predicted octanol–water partition coefficient (Wildman–Crippen LogP) is 0.844. The first kappa shape index (κ1) is 27.9. The largest absolute Gasteiger partial charge is 0.760 e. The van der Waals surface area contributed by atoms with Crippen molar-refractivity contribution in [3.05, 3.63) is 71.8 Å². The minimum absolute atomic E-state index is 0.189. The smallest absolute Gasteiger partial charge is 0.247 e. The molecule has 10 nitrogen and oxygen atoms in total. The Hall–Kier alpha value is -3.12. The number of nitrogens with one attached hydrogen (secondary N) is 3. The molecular formula is C27H34N5O5S-. The first-order chi connectivity index (χ1) is 18.3. The van der Waals surface area contributed by atoms with Crippen LogP contribution >= 0.6 is 0 Å². The highest BCUT2D eigenvalue weighted by molar-refractivity contribution is 7.76. The highest BCUT2D eigenvalue weighted by atomic mass is 32.2. The van der Waals surface area contributed by atoms with Crippen LogP contribution in [0, 0.1) is 0 Å². The number of hydrogen-bond donors (Lipinski definition) is 3. The van der Waals surface area contributed by atoms with Gasteiger partial charge in [-0.3, -0.25) is 18.6 Å². The Morgan fingerprint density at radius 1 is 1.00 bits per heavy atom. The summed E-state index contributed by atoms with van der Waals surface area (Å²) in [5.74, 6) is -1.15. The summed E-state index contributed by atoms with van der Waals surface area (Å²) in [6.45, 7) is 1.66. The van der Waals surface area contributed by atoms with E-state index in [1.165, 1.54) is 4.31 Å². The van der Waals surface area contributed by atoms with E-state index in [2.05, 4.69) is 16.0 Å². The summed E-state index contributed by atoms with van der Waals surface area (Å²) in [6, 6.07) is 16.1. The molecule has 3 N–H and O–H groups in total. The van der Waals surface area contributed by atoms with Crippen LogP contribution in [0.4, 0.5) is 0 Å². The standard InChI is InChI=1S/C27H35N5O5S/c1-18(28-2)25(33)29-22-17-31(38(36)37)16-15-21-13-14-23(32(21)27(22)35)26(34)30-24(19-9-5-3-6-10-19)20-11-7-4-8-12-20/h3-12,18,21-24,28H,13-17H2,1-2H3,(H,29,33)(H,30,34)(H,36,37)/p-1/t18-,21+,22-,23?/m0/s1. The lowest BCUT2D eigenvalue weighted by atomic mass is 9.98. The van der Waals surface area contributed by atoms with Crippen molar-refractivity contribution in [1.82, 2.24) is 25.2 Å². The van der Waals surface area contributed by atoms with E-state index in [1.54, 1.807) is 18.9 Å². The fourth-order valence-corrected chi connectivity index (χ4v) is 5.69. The average Bonchev–Trinajstić information content (AvgIpc) is 3.35. The van der Waals surface area contributed by atoms with Crippen molar-refractivity contribution in [2.45, 2.75) is 56.4 Å². The Labute approximate surface area is 225 Å². The molecule has 0 radical (unpaired) electrons. The lowest BCUT2D eigenvalue weighted by Gasteiger charge is -2.39. The van der Waals surface area contributed by atoms with Crippen LogP contribution in [0.1, 0.15) is 43.4 Å². The van der Waals surface area contributed by atoms with E-state index in [9.17, 15) is 23.1 Å². The predicted molar refractivity (Wildman–Crippen MR) is 142 cm³/mol. The number of amides is 3. The number of rotatable bonds is 8. The Bertz CT molecular complexity index is 1110. The third kappa shape index (κ3) is 6.29. The second-order valence-corrected chi connectivity index (χ2v) is 10.7. The SMILES string of the molecule is CN[C@@H](C)C(=O)N[C@H]1CN(S(=O)[O-])CC[C@H]2CCC(C(=O)NC(c3ccccc3)c3ccccc3)N2C1=O. The van der Waals surface area contributed by atoms with Gasteiger partial charge in [-0.05, 0) is 44.4 Å². The van der Waals surface area contributed by atoms with Crippen LogP contribution in [-0.4, -0.2) is 80.0 Å². The number of fused-ring (bicyclic) bond motifs is 1. The Morgan fingerprint density at radius 2 is 1.61 bits per heavy atom. The molecule has 2 aliphatic rings. The summed E-state index contributed by atoms with van der Waals surface area (Å²) >= 11 is -2.54. The maximum atomic E-state index is 13.8. The molecule has 2 heterocycles. The van der Waals surface area contributed by atoms with Gasteiger partial charge in [0.05, 0.1) is 12.1 Å². The fourth-order valence-electron chi connectivity index (χ4n) is 5.16. The minimum Gasteiger partial charge on any atom is -0.760 e. The number of nitrogens with zero attached hydrogens (tertiary/aromatic N) is 2. The molecule has 5 atom stereocenters. The third-order valence-electron chi connectivity index (χ3n) is 7.36. The molecule has 0 aromatic heterocycles. The van der Waals surface area contributed by atoms with Crippen LogP contribution in [0.2, 0.25) is 0 Å². The van der Waals surface area contributed by atoms with Crippen molar-refractivity contribution in [3.8, 4) is 0 Å². The normalized spacial score (nSPS) is 23.7. The maximum Gasteiger partial charge on any atom is 0.247 e. The van der Waals surface area contributed by atoms with Crippen LogP contribution in [0.15, 0.2) is 60.7 Å². The fraction of sp³-hybridized carbons (Fsp3) is 0.444. The quantitative estimate of drug-likeness (QED) is 0.425. The van der Waals surface area contributed by atoms with Gasteiger partial charge in [-0.1, -0.05) is 60.7 Å². The summed E-state index contributed by atoms with van der Waals surface area (Å²) in [7, 11) is 1.62. The molecule has 2 aliphatic heterocycles. The first-order valence-corrected chi connectivity index (χ1v) is 13.9. The highest BCUT2D eigenvalue weighted by Gasteiger charge is 2.45. The zero-order chi connectivity index (χ0) is 27.2. The van der Waals surface area contributed by atoms with Crippen molar-refractivity contribution >= 4 is 29.0 Å². The maximum absolute atomic E-state index is 13.8. The molecule has 4 rings (SSSR count). The second-order valence-electron chi connectivity index (χ2n) is 9.72. The number of benzene rings is 2. The van der Waals surface area contributed by atoms with E-state index in [1.807, 2.05) is 60.7 Å². The Kier molecular flexibility index (Phi) is 9.26. The Morgan fingerprint density at radius 3 is 2.16 bits per heavy atom. The van der Waals surface area contributed by atoms with E-state index in [4.69, 9.17) is 0 Å². The van der Waals surface area contributed by atoms with Gasteiger partial charge in [0.25, 0.3) is 0 Å². The molecule has 0 bridgehead atoms. The number of likely N-dealkylation sites (N-methyl/N-ethyl adjacent to an activating group) is 1. The minimum atomic E-state index is -2.54. The summed E-state index contributed by atoms with van der Waals surface area (Å²) in [6.07, 6.45) is 1.43. The van der Waals surface area contributed by atoms with Crippen LogP contribution in [-0.2, 0) is 25.7 Å². The summed E-state index contributed by atoms with van der Waals surface area (Å²) in [5, 5.41) is 8.67. The van der Waals surface area contributed by atoms with E-state index in [-0.39, 0.29) is 25.0 Å². The summed E-state index contributed by atoms with van der Waals surface area (Å²) < 4.78 is 24.8. The first-order valence-electron chi connectivity index (χ1n) is 12.8. The number of carbonyl (C=O) groups excluding carboxylic acids is 3. The highest BCUT2D eigenvalue weighted by Crippen LogP contribution is 2.31. The van der Waals surface area contributed by atoms with Gasteiger partial charge in [-0.25, -0.2) is 4.31 Å². The van der Waals surface area contributed by atoms with Crippen LogP contribution < -0.4 is 16.0 Å². The van der Waals surface area contributed by atoms with E-state index >= 15 is 0 Å². The van der Waals surface area contributed by atoms with Crippen molar-refractivity contribution in [2.75, 3.05) is 20.1 Å². The molecule has 2 aromatic carbocycles. The van der Waals surface area contributed by atoms with Crippen molar-refractivity contribution < 1.29 is 23.1 Å². The summed E-state index contributed by atoms with van der Waals surface area (Å²) in [4.78, 5) is 41.8. The van der Waals surface area contributed by atoms with Crippen molar-refractivity contribution in [2.24, 2.45) is 0 Å². The van der Waals surface area contributed by atoms with Crippen LogP contribution in [0.5, 0.6) is 0 Å².